The van der Waals surface area contributed by atoms with Gasteiger partial charge in [-0.25, -0.2) is 0 Å². The number of aliphatic carboxylic acids is 1. The third kappa shape index (κ3) is 5.57. The molecule has 0 saturated carbocycles. The van der Waals surface area contributed by atoms with Crippen LogP contribution < -0.4 is 5.32 Å². The minimum atomic E-state index is -0.793. The summed E-state index contributed by atoms with van der Waals surface area (Å²) in [4.78, 5) is 24.3. The van der Waals surface area contributed by atoms with Gasteiger partial charge in [-0.2, -0.15) is 0 Å². The minimum Gasteiger partial charge on any atom is -0.481 e. The van der Waals surface area contributed by atoms with E-state index in [-0.39, 0.29) is 30.9 Å². The normalized spacial score (nSPS) is 23.4. The van der Waals surface area contributed by atoms with Crippen molar-refractivity contribution in [2.45, 2.75) is 38.6 Å². The van der Waals surface area contributed by atoms with Crippen LogP contribution in [0, 0.1) is 5.92 Å². The summed E-state index contributed by atoms with van der Waals surface area (Å²) in [5.41, 5.74) is 0. The largest absolute Gasteiger partial charge is 0.481 e. The average Bonchev–Trinajstić information content (AvgIpc) is 2.41. The fraction of sp³-hybridized carbons (Fsp3) is 0.846. The molecule has 1 rings (SSSR count). The molecule has 0 aromatic carbocycles. The molecule has 0 aliphatic carbocycles. The molecule has 1 saturated heterocycles. The molecule has 1 aliphatic rings. The number of nitrogens with zero attached hydrogens (tertiary/aromatic N) is 1. The number of carbonyl (C=O) groups excluding carboxylic acids is 1. The first-order chi connectivity index (χ1) is 9.06. The summed E-state index contributed by atoms with van der Waals surface area (Å²) in [5, 5.41) is 20.8. The number of hydrogen-bond acceptors (Lipinski definition) is 4. The topological polar surface area (TPSA) is 89.9 Å². The van der Waals surface area contributed by atoms with Crippen LogP contribution in [0.25, 0.3) is 0 Å². The number of likely N-dealkylation sites (tertiary alicyclic amines) is 1. The first-order valence-corrected chi connectivity index (χ1v) is 6.90. The van der Waals surface area contributed by atoms with Crippen molar-refractivity contribution in [2.75, 3.05) is 26.2 Å². The van der Waals surface area contributed by atoms with Crippen molar-refractivity contribution < 1.29 is 19.8 Å². The number of amides is 1. The smallest absolute Gasteiger partial charge is 0.303 e. The second-order valence-electron chi connectivity index (χ2n) is 5.06. The van der Waals surface area contributed by atoms with E-state index in [1.54, 1.807) is 0 Å². The number of carbonyl (C=O) groups is 2. The van der Waals surface area contributed by atoms with Gasteiger partial charge in [0, 0.05) is 38.5 Å². The van der Waals surface area contributed by atoms with E-state index in [1.165, 1.54) is 0 Å². The van der Waals surface area contributed by atoms with Gasteiger partial charge in [0.2, 0.25) is 5.91 Å². The maximum Gasteiger partial charge on any atom is 0.303 e. The fourth-order valence-electron chi connectivity index (χ4n) is 2.58. The van der Waals surface area contributed by atoms with Crippen molar-refractivity contribution in [1.82, 2.24) is 10.2 Å². The summed E-state index contributed by atoms with van der Waals surface area (Å²) in [6.45, 7) is 3.70. The van der Waals surface area contributed by atoms with E-state index in [9.17, 15) is 9.59 Å². The first-order valence-electron chi connectivity index (χ1n) is 6.90. The number of hydrogen-bond donors (Lipinski definition) is 3. The molecule has 6 nitrogen and oxygen atoms in total. The molecular weight excluding hydrogens is 248 g/mol. The molecule has 0 radical (unpaired) electrons. The van der Waals surface area contributed by atoms with Gasteiger partial charge in [0.15, 0.2) is 0 Å². The molecule has 6 heteroatoms. The second kappa shape index (κ2) is 8.12. The monoisotopic (exact) mass is 272 g/mol. The maximum atomic E-state index is 11.8. The molecule has 0 spiro atoms. The van der Waals surface area contributed by atoms with Gasteiger partial charge in [0.1, 0.15) is 0 Å². The zero-order chi connectivity index (χ0) is 14.3. The summed E-state index contributed by atoms with van der Waals surface area (Å²) < 4.78 is 0. The van der Waals surface area contributed by atoms with Gasteiger partial charge < -0.3 is 20.4 Å². The van der Waals surface area contributed by atoms with E-state index >= 15 is 0 Å². The Balaban J connectivity index is 2.55. The summed E-state index contributed by atoms with van der Waals surface area (Å²) in [7, 11) is 0. The summed E-state index contributed by atoms with van der Waals surface area (Å²) in [6, 6.07) is 0.148. The lowest BCUT2D eigenvalue weighted by atomic mass is 9.90. The number of rotatable bonds is 7. The molecule has 0 bridgehead atoms. The van der Waals surface area contributed by atoms with Gasteiger partial charge in [-0.1, -0.05) is 6.92 Å². The van der Waals surface area contributed by atoms with E-state index in [0.717, 1.165) is 6.42 Å². The van der Waals surface area contributed by atoms with E-state index in [1.807, 2.05) is 11.8 Å². The molecule has 1 heterocycles. The number of carboxylic acid groups (broad SMARTS) is 1. The number of nitrogens with one attached hydrogen (secondary N) is 1. The van der Waals surface area contributed by atoms with Crippen LogP contribution in [0.4, 0.5) is 0 Å². The highest BCUT2D eigenvalue weighted by atomic mass is 16.4. The first kappa shape index (κ1) is 15.9. The Labute approximate surface area is 113 Å². The molecule has 1 fully saturated rings. The molecule has 1 amide bonds. The zero-order valence-electron chi connectivity index (χ0n) is 11.5. The lowest BCUT2D eigenvalue weighted by Crippen LogP contribution is -2.51. The van der Waals surface area contributed by atoms with Gasteiger partial charge in [0.25, 0.3) is 0 Å². The Kier molecular flexibility index (Phi) is 6.80. The van der Waals surface area contributed by atoms with Crippen molar-refractivity contribution in [3.05, 3.63) is 0 Å². The summed E-state index contributed by atoms with van der Waals surface area (Å²) in [6.07, 6.45) is 2.07. The Hall–Kier alpha value is -1.14. The molecule has 2 unspecified atom stereocenters. The third-order valence-corrected chi connectivity index (χ3v) is 3.50. The molecule has 110 valence electrons. The number of aliphatic hydroxyl groups excluding tert-OH is 1. The summed E-state index contributed by atoms with van der Waals surface area (Å²) in [5.74, 6) is -0.467. The molecule has 2 atom stereocenters. The van der Waals surface area contributed by atoms with Gasteiger partial charge in [0.05, 0.1) is 6.61 Å². The highest BCUT2D eigenvalue weighted by Gasteiger charge is 2.29. The van der Waals surface area contributed by atoms with Gasteiger partial charge in [-0.15, -0.1) is 0 Å². The van der Waals surface area contributed by atoms with Gasteiger partial charge >= 0.3 is 5.97 Å². The maximum absolute atomic E-state index is 11.8. The Morgan fingerprint density at radius 2 is 2.11 bits per heavy atom. The van der Waals surface area contributed by atoms with Crippen LogP contribution >= 0.6 is 0 Å². The average molecular weight is 272 g/mol. The van der Waals surface area contributed by atoms with Gasteiger partial charge in [-0.3, -0.25) is 9.59 Å². The molecule has 3 N–H and O–H groups in total. The Morgan fingerprint density at radius 1 is 1.37 bits per heavy atom. The summed E-state index contributed by atoms with van der Waals surface area (Å²) >= 11 is 0. The lowest BCUT2D eigenvalue weighted by molar-refractivity contribution is -0.137. The highest BCUT2D eigenvalue weighted by Crippen LogP contribution is 2.22. The van der Waals surface area contributed by atoms with Crippen molar-refractivity contribution in [3.8, 4) is 0 Å². The van der Waals surface area contributed by atoms with Crippen molar-refractivity contribution >= 4 is 11.9 Å². The van der Waals surface area contributed by atoms with Crippen LogP contribution in [0.3, 0.4) is 0 Å². The quantitative estimate of drug-likeness (QED) is 0.610. The van der Waals surface area contributed by atoms with Crippen LogP contribution in [-0.2, 0) is 9.59 Å². The van der Waals surface area contributed by atoms with E-state index < -0.39 is 5.97 Å². The van der Waals surface area contributed by atoms with E-state index in [4.69, 9.17) is 10.2 Å². The fourth-order valence-corrected chi connectivity index (χ4v) is 2.58. The Bertz CT molecular complexity index is 309. The number of aliphatic hydroxyl groups is 1. The van der Waals surface area contributed by atoms with E-state index in [2.05, 4.69) is 5.32 Å². The van der Waals surface area contributed by atoms with Crippen molar-refractivity contribution in [1.29, 1.82) is 0 Å². The van der Waals surface area contributed by atoms with Crippen LogP contribution in [0.15, 0.2) is 0 Å². The molecule has 0 aromatic heterocycles. The molecule has 0 aromatic rings. The lowest BCUT2D eigenvalue weighted by Gasteiger charge is -2.38. The standard InChI is InChI=1S/C13H24N2O4/c1-2-12(17)15-8-10(3-4-13(18)19)7-11(9-15)14-5-6-16/h10-11,14,16H,2-9H2,1H3,(H,18,19). The molecular formula is C13H24N2O4. The number of carboxylic acids is 1. The molecule has 19 heavy (non-hydrogen) atoms. The predicted molar refractivity (Wildman–Crippen MR) is 70.7 cm³/mol. The van der Waals surface area contributed by atoms with Crippen LogP contribution in [0.2, 0.25) is 0 Å². The Morgan fingerprint density at radius 3 is 2.68 bits per heavy atom. The van der Waals surface area contributed by atoms with Crippen molar-refractivity contribution in [2.24, 2.45) is 5.92 Å². The highest BCUT2D eigenvalue weighted by molar-refractivity contribution is 5.76. The van der Waals surface area contributed by atoms with E-state index in [0.29, 0.717) is 32.5 Å². The van der Waals surface area contributed by atoms with Crippen LogP contribution in [-0.4, -0.2) is 59.3 Å². The van der Waals surface area contributed by atoms with Crippen LogP contribution in [0.1, 0.15) is 32.6 Å². The zero-order valence-corrected chi connectivity index (χ0v) is 11.5. The molecule has 1 aliphatic heterocycles. The van der Waals surface area contributed by atoms with Crippen LogP contribution in [0.5, 0.6) is 0 Å². The van der Waals surface area contributed by atoms with Crippen molar-refractivity contribution in [3.63, 3.8) is 0 Å². The number of piperidine rings is 1. The minimum absolute atomic E-state index is 0.0675. The third-order valence-electron chi connectivity index (χ3n) is 3.50. The predicted octanol–water partition coefficient (Wildman–Crippen LogP) is 0.0602. The SMILES string of the molecule is CCC(=O)N1CC(CCC(=O)O)CC(NCCO)C1. The van der Waals surface area contributed by atoms with Gasteiger partial charge in [-0.05, 0) is 18.8 Å². The second-order valence-corrected chi connectivity index (χ2v) is 5.06.